The number of fused-ring (bicyclic) bond motifs is 7. The van der Waals surface area contributed by atoms with E-state index in [9.17, 15) is 0 Å². The molecular formula is C30H28N4S. The van der Waals surface area contributed by atoms with Crippen LogP contribution in [0.1, 0.15) is 67.2 Å². The largest absolute Gasteiger partial charge is 0.365 e. The van der Waals surface area contributed by atoms with Crippen molar-refractivity contribution >= 4 is 27.3 Å². The topological polar surface area (TPSA) is 53.1 Å². The zero-order valence-corrected chi connectivity index (χ0v) is 21.0. The second kappa shape index (κ2) is 7.79. The highest BCUT2D eigenvalue weighted by molar-refractivity contribution is 7.22. The Morgan fingerprint density at radius 2 is 1.86 bits per heavy atom. The third-order valence-electron chi connectivity index (χ3n) is 7.56. The number of allylic oxidation sites excluding steroid dienone is 4. The quantitative estimate of drug-likeness (QED) is 0.323. The van der Waals surface area contributed by atoms with Gasteiger partial charge in [-0.15, -0.1) is 11.3 Å². The van der Waals surface area contributed by atoms with Crippen LogP contribution in [0.15, 0.2) is 71.8 Å². The second-order valence-corrected chi connectivity index (χ2v) is 11.3. The number of rotatable bonds is 3. The van der Waals surface area contributed by atoms with Crippen molar-refractivity contribution in [2.24, 2.45) is 4.99 Å². The fourth-order valence-electron chi connectivity index (χ4n) is 5.68. The maximum Gasteiger partial charge on any atom is 0.109 e. The predicted molar refractivity (Wildman–Crippen MR) is 147 cm³/mol. The molecule has 0 saturated carbocycles. The normalized spacial score (nSPS) is 22.2. The lowest BCUT2D eigenvalue weighted by atomic mass is 9.73. The molecule has 35 heavy (non-hydrogen) atoms. The Morgan fingerprint density at radius 1 is 1.00 bits per heavy atom. The molecule has 0 spiro atoms. The Balaban J connectivity index is 1.30. The molecule has 0 fully saturated rings. The van der Waals surface area contributed by atoms with E-state index < -0.39 is 0 Å². The fraction of sp³-hybridized carbons (Fsp3) is 0.267. The Morgan fingerprint density at radius 3 is 2.66 bits per heavy atom. The number of nitrogens with zero attached hydrogens (tertiary/aromatic N) is 2. The first-order valence-corrected chi connectivity index (χ1v) is 13.3. The number of aromatic amines is 1. The summed E-state index contributed by atoms with van der Waals surface area (Å²) in [5.41, 5.74) is 7.62. The number of aromatic nitrogens is 2. The van der Waals surface area contributed by atoms with Crippen molar-refractivity contribution in [1.29, 1.82) is 0 Å². The molecule has 3 unspecified atom stereocenters. The van der Waals surface area contributed by atoms with Crippen LogP contribution >= 0.6 is 11.3 Å². The van der Waals surface area contributed by atoms with Gasteiger partial charge in [-0.2, -0.15) is 0 Å². The first kappa shape index (κ1) is 20.9. The van der Waals surface area contributed by atoms with E-state index in [2.05, 4.69) is 95.9 Å². The predicted octanol–water partition coefficient (Wildman–Crippen LogP) is 7.45. The van der Waals surface area contributed by atoms with Crippen LogP contribution in [0.3, 0.4) is 0 Å². The zero-order chi connectivity index (χ0) is 23.7. The average molecular weight is 477 g/mol. The average Bonchev–Trinajstić information content (AvgIpc) is 3.61. The van der Waals surface area contributed by atoms with Crippen LogP contribution in [0.25, 0.3) is 31.8 Å². The van der Waals surface area contributed by atoms with Gasteiger partial charge in [0.15, 0.2) is 0 Å². The van der Waals surface area contributed by atoms with E-state index in [1.165, 1.54) is 42.9 Å². The Labute approximate surface area is 209 Å². The van der Waals surface area contributed by atoms with Crippen LogP contribution in [0.2, 0.25) is 0 Å². The zero-order valence-electron chi connectivity index (χ0n) is 20.2. The van der Waals surface area contributed by atoms with Crippen LogP contribution < -0.4 is 5.32 Å². The minimum atomic E-state index is 0.288. The van der Waals surface area contributed by atoms with E-state index in [-0.39, 0.29) is 6.04 Å². The van der Waals surface area contributed by atoms with Crippen LogP contribution in [0.4, 0.5) is 0 Å². The molecule has 0 bridgehead atoms. The molecule has 3 aliphatic rings. The Kier molecular flexibility index (Phi) is 4.65. The van der Waals surface area contributed by atoms with Gasteiger partial charge in [0.2, 0.25) is 0 Å². The first-order valence-electron chi connectivity index (χ1n) is 12.5. The Bertz CT molecular complexity index is 1560. The molecule has 2 aromatic heterocycles. The molecule has 4 aromatic rings. The lowest BCUT2D eigenvalue weighted by molar-refractivity contribution is 0.696. The summed E-state index contributed by atoms with van der Waals surface area (Å²) in [7, 11) is 0. The summed E-state index contributed by atoms with van der Waals surface area (Å²) in [6, 6.07) is 16.4. The number of hydrogen-bond donors (Lipinski definition) is 2. The summed E-state index contributed by atoms with van der Waals surface area (Å²) in [4.78, 5) is 14.5. The highest BCUT2D eigenvalue weighted by Crippen LogP contribution is 2.50. The maximum absolute atomic E-state index is 5.05. The monoisotopic (exact) mass is 476 g/mol. The van der Waals surface area contributed by atoms with Crippen molar-refractivity contribution in [1.82, 2.24) is 15.3 Å². The van der Waals surface area contributed by atoms with Crippen LogP contribution in [0, 0.1) is 0 Å². The highest BCUT2D eigenvalue weighted by Gasteiger charge is 2.35. The minimum absolute atomic E-state index is 0.288. The van der Waals surface area contributed by atoms with Crippen molar-refractivity contribution in [2.45, 2.75) is 44.6 Å². The molecule has 0 saturated heterocycles. The molecule has 3 heterocycles. The number of benzene rings is 2. The number of imidazole rings is 1. The third-order valence-corrected chi connectivity index (χ3v) is 8.70. The molecule has 7 rings (SSSR count). The van der Waals surface area contributed by atoms with Gasteiger partial charge in [0.05, 0.1) is 29.8 Å². The summed E-state index contributed by atoms with van der Waals surface area (Å²) in [6.07, 6.45) is 9.03. The minimum Gasteiger partial charge on any atom is -0.365 e. The van der Waals surface area contributed by atoms with Gasteiger partial charge in [-0.25, -0.2) is 4.98 Å². The smallest absolute Gasteiger partial charge is 0.109 e. The lowest BCUT2D eigenvalue weighted by Gasteiger charge is -2.31. The summed E-state index contributed by atoms with van der Waals surface area (Å²) < 4.78 is 1.33. The number of H-pyrrole nitrogens is 1. The Hall–Kier alpha value is -3.44. The van der Waals surface area contributed by atoms with Gasteiger partial charge in [0, 0.05) is 32.9 Å². The van der Waals surface area contributed by atoms with E-state index in [1.807, 2.05) is 18.3 Å². The van der Waals surface area contributed by atoms with Crippen LogP contribution in [-0.4, -0.2) is 22.3 Å². The van der Waals surface area contributed by atoms with Crippen molar-refractivity contribution in [3.63, 3.8) is 0 Å². The van der Waals surface area contributed by atoms with Gasteiger partial charge in [-0.3, -0.25) is 4.99 Å². The molecule has 2 aliphatic carbocycles. The molecule has 174 valence electrons. The fourth-order valence-corrected chi connectivity index (χ4v) is 6.79. The number of nitrogens with one attached hydrogen (secondary N) is 2. The van der Waals surface area contributed by atoms with Gasteiger partial charge < -0.3 is 10.3 Å². The van der Waals surface area contributed by atoms with E-state index >= 15 is 0 Å². The van der Waals surface area contributed by atoms with Crippen molar-refractivity contribution < 1.29 is 0 Å². The highest BCUT2D eigenvalue weighted by atomic mass is 32.1. The van der Waals surface area contributed by atoms with Gasteiger partial charge in [0.25, 0.3) is 0 Å². The third kappa shape index (κ3) is 3.33. The number of amidine groups is 1. The molecule has 4 nitrogen and oxygen atoms in total. The van der Waals surface area contributed by atoms with E-state index in [0.717, 1.165) is 23.9 Å². The van der Waals surface area contributed by atoms with E-state index in [4.69, 9.17) is 4.98 Å². The maximum atomic E-state index is 5.05. The van der Waals surface area contributed by atoms with Gasteiger partial charge in [-0.1, -0.05) is 62.4 Å². The number of hydrogen-bond acceptors (Lipinski definition) is 4. The van der Waals surface area contributed by atoms with Crippen LogP contribution in [0.5, 0.6) is 0 Å². The van der Waals surface area contributed by atoms with E-state index in [0.29, 0.717) is 17.8 Å². The molecule has 0 radical (unpaired) electrons. The van der Waals surface area contributed by atoms with E-state index in [1.54, 1.807) is 0 Å². The van der Waals surface area contributed by atoms with Gasteiger partial charge in [-0.05, 0) is 47.2 Å². The van der Waals surface area contributed by atoms with Crippen molar-refractivity contribution in [2.75, 3.05) is 6.54 Å². The van der Waals surface area contributed by atoms with Gasteiger partial charge >= 0.3 is 0 Å². The summed E-state index contributed by atoms with van der Waals surface area (Å²) in [5.74, 6) is 3.13. The standard InChI is InChI=1S/C30H28N4S/c1-16(2)30-33-28-22-7-5-4-6-21(22)24-12-19(10-11-23(24)29(28)34-30)27-14-20-9-8-18(13-26(20)35-27)25-15-31-17(3)32-25/h4-14,16,21-22,25H,15H2,1-3H3,(H,31,32)(H,33,34). The SMILES string of the molecule is CC1=NCC(c2ccc3cc(-c4ccc5c(c4)C4C=CC=CC4c4[nH]c(C(C)C)nc4-5)sc3c2)N1. The molecule has 3 atom stereocenters. The number of thiophene rings is 1. The first-order chi connectivity index (χ1) is 17.0. The second-order valence-electron chi connectivity index (χ2n) is 10.2. The molecule has 0 amide bonds. The van der Waals surface area contributed by atoms with Crippen molar-refractivity contribution in [3.8, 4) is 21.7 Å². The summed E-state index contributed by atoms with van der Waals surface area (Å²) >= 11 is 1.88. The summed E-state index contributed by atoms with van der Waals surface area (Å²) in [6.45, 7) is 7.26. The summed E-state index contributed by atoms with van der Waals surface area (Å²) in [5, 5.41) is 4.79. The van der Waals surface area contributed by atoms with Crippen LogP contribution in [-0.2, 0) is 0 Å². The lowest BCUT2D eigenvalue weighted by Crippen LogP contribution is -2.20. The molecular weight excluding hydrogens is 448 g/mol. The molecule has 5 heteroatoms. The number of aliphatic imine (C=N–C) groups is 1. The molecule has 2 N–H and O–H groups in total. The molecule has 2 aromatic carbocycles. The molecule has 1 aliphatic heterocycles. The van der Waals surface area contributed by atoms with Gasteiger partial charge in [0.1, 0.15) is 5.82 Å². The van der Waals surface area contributed by atoms with Crippen molar-refractivity contribution in [3.05, 3.63) is 89.4 Å².